The van der Waals surface area contributed by atoms with Gasteiger partial charge in [-0.2, -0.15) is 0 Å². The number of carbonyl (C=O) groups excluding carboxylic acids is 1. The van der Waals surface area contributed by atoms with Gasteiger partial charge >= 0.3 is 5.97 Å². The highest BCUT2D eigenvalue weighted by molar-refractivity contribution is 5.87. The first kappa shape index (κ1) is 12.5. The molecule has 100 valence electrons. The van der Waals surface area contributed by atoms with E-state index in [1.165, 1.54) is 19.3 Å². The molecule has 0 N–H and O–H groups in total. The van der Waals surface area contributed by atoms with Gasteiger partial charge in [0.25, 0.3) is 0 Å². The molecular formula is C17H20O2. The molecule has 1 aromatic carbocycles. The topological polar surface area (TPSA) is 26.3 Å². The molecule has 0 amide bonds. The molecular weight excluding hydrogens is 236 g/mol. The standard InChI is InChI=1S/C17H20O2/c1-12(2)16(18)19-17(14-6-4-3-5-7-14)11-13-8-9-15(17)10-13/h3-7,13,15H,1,8-11H2,2H3. The van der Waals surface area contributed by atoms with Gasteiger partial charge in [-0.3, -0.25) is 0 Å². The van der Waals surface area contributed by atoms with Crippen molar-refractivity contribution in [1.82, 2.24) is 0 Å². The highest BCUT2D eigenvalue weighted by atomic mass is 16.6. The minimum Gasteiger partial charge on any atom is -0.451 e. The van der Waals surface area contributed by atoms with Crippen molar-refractivity contribution in [3.8, 4) is 0 Å². The van der Waals surface area contributed by atoms with Crippen LogP contribution in [0.2, 0.25) is 0 Å². The van der Waals surface area contributed by atoms with Crippen LogP contribution in [0.15, 0.2) is 42.5 Å². The lowest BCUT2D eigenvalue weighted by atomic mass is 9.78. The van der Waals surface area contributed by atoms with Gasteiger partial charge < -0.3 is 4.74 Å². The van der Waals surface area contributed by atoms with Crippen molar-refractivity contribution in [1.29, 1.82) is 0 Å². The van der Waals surface area contributed by atoms with Crippen LogP contribution in [0.5, 0.6) is 0 Å². The number of fused-ring (bicyclic) bond motifs is 2. The number of carbonyl (C=O) groups is 1. The van der Waals surface area contributed by atoms with Crippen LogP contribution >= 0.6 is 0 Å². The fourth-order valence-corrected chi connectivity index (χ4v) is 3.79. The first-order chi connectivity index (χ1) is 9.12. The largest absolute Gasteiger partial charge is 0.451 e. The number of esters is 1. The summed E-state index contributed by atoms with van der Waals surface area (Å²) in [7, 11) is 0. The second kappa shape index (κ2) is 4.52. The number of hydrogen-bond donors (Lipinski definition) is 0. The maximum Gasteiger partial charge on any atom is 0.334 e. The Morgan fingerprint density at radius 1 is 1.32 bits per heavy atom. The lowest BCUT2D eigenvalue weighted by Crippen LogP contribution is -2.38. The molecule has 0 radical (unpaired) electrons. The molecule has 19 heavy (non-hydrogen) atoms. The SMILES string of the molecule is C=C(C)C(=O)OC1(c2ccccc2)CC2CCC1C2. The number of rotatable bonds is 3. The summed E-state index contributed by atoms with van der Waals surface area (Å²) in [5, 5.41) is 0. The van der Waals surface area contributed by atoms with Gasteiger partial charge in [-0.1, -0.05) is 36.9 Å². The Kier molecular flexibility index (Phi) is 2.96. The van der Waals surface area contributed by atoms with Crippen LogP contribution in [-0.4, -0.2) is 5.97 Å². The molecule has 2 aliphatic rings. The number of ether oxygens (including phenoxy) is 1. The molecule has 0 aromatic heterocycles. The van der Waals surface area contributed by atoms with E-state index in [0.717, 1.165) is 12.0 Å². The molecule has 0 saturated heterocycles. The summed E-state index contributed by atoms with van der Waals surface area (Å²) in [6.45, 7) is 5.43. The maximum atomic E-state index is 12.0. The fraction of sp³-hybridized carbons (Fsp3) is 0.471. The monoisotopic (exact) mass is 256 g/mol. The van der Waals surface area contributed by atoms with E-state index in [4.69, 9.17) is 4.74 Å². The van der Waals surface area contributed by atoms with Crippen LogP contribution in [0.1, 0.15) is 38.2 Å². The van der Waals surface area contributed by atoms with E-state index in [9.17, 15) is 4.79 Å². The molecule has 2 bridgehead atoms. The molecule has 3 atom stereocenters. The van der Waals surface area contributed by atoms with Gasteiger partial charge in [0.2, 0.25) is 0 Å². The quantitative estimate of drug-likeness (QED) is 0.607. The highest BCUT2D eigenvalue weighted by Crippen LogP contribution is 2.57. The number of hydrogen-bond acceptors (Lipinski definition) is 2. The Hall–Kier alpha value is -1.57. The van der Waals surface area contributed by atoms with Crippen LogP contribution in [-0.2, 0) is 15.1 Å². The summed E-state index contributed by atoms with van der Waals surface area (Å²) in [5.41, 5.74) is 1.23. The summed E-state index contributed by atoms with van der Waals surface area (Å²) in [6, 6.07) is 10.2. The molecule has 0 heterocycles. The average Bonchev–Trinajstić information content (AvgIpc) is 3.00. The smallest absolute Gasteiger partial charge is 0.334 e. The molecule has 2 fully saturated rings. The van der Waals surface area contributed by atoms with E-state index in [2.05, 4.69) is 18.7 Å². The molecule has 2 saturated carbocycles. The van der Waals surface area contributed by atoms with E-state index >= 15 is 0 Å². The third kappa shape index (κ3) is 1.99. The molecule has 2 nitrogen and oxygen atoms in total. The molecule has 0 aliphatic heterocycles. The Bertz CT molecular complexity index is 505. The third-order valence-electron chi connectivity index (χ3n) is 4.68. The van der Waals surface area contributed by atoms with E-state index < -0.39 is 5.60 Å². The maximum absolute atomic E-state index is 12.0. The normalized spacial score (nSPS) is 32.3. The Balaban J connectivity index is 1.97. The first-order valence-electron chi connectivity index (χ1n) is 7.06. The molecule has 2 aliphatic carbocycles. The van der Waals surface area contributed by atoms with Crippen LogP contribution in [0.25, 0.3) is 0 Å². The highest BCUT2D eigenvalue weighted by Gasteiger charge is 2.54. The van der Waals surface area contributed by atoms with Crippen molar-refractivity contribution in [2.75, 3.05) is 0 Å². The predicted octanol–water partition coefficient (Wildman–Crippen LogP) is 3.82. The Labute approximate surface area is 114 Å². The summed E-state index contributed by atoms with van der Waals surface area (Å²) < 4.78 is 5.94. The summed E-state index contributed by atoms with van der Waals surface area (Å²) in [6.07, 6.45) is 4.62. The van der Waals surface area contributed by atoms with E-state index in [0.29, 0.717) is 17.4 Å². The average molecular weight is 256 g/mol. The van der Waals surface area contributed by atoms with E-state index in [-0.39, 0.29) is 5.97 Å². The van der Waals surface area contributed by atoms with Crippen molar-refractivity contribution in [2.24, 2.45) is 11.8 Å². The molecule has 2 heteroatoms. The van der Waals surface area contributed by atoms with Crippen molar-refractivity contribution in [2.45, 2.75) is 38.2 Å². The summed E-state index contributed by atoms with van der Waals surface area (Å²) in [4.78, 5) is 12.0. The van der Waals surface area contributed by atoms with E-state index in [1.807, 2.05) is 18.2 Å². The minimum absolute atomic E-state index is 0.253. The van der Waals surface area contributed by atoms with Gasteiger partial charge in [-0.25, -0.2) is 4.79 Å². The van der Waals surface area contributed by atoms with Crippen LogP contribution in [0.4, 0.5) is 0 Å². The van der Waals surface area contributed by atoms with Crippen LogP contribution < -0.4 is 0 Å². The molecule has 0 spiro atoms. The minimum atomic E-state index is -0.403. The van der Waals surface area contributed by atoms with Gasteiger partial charge in [0.05, 0.1) is 0 Å². The van der Waals surface area contributed by atoms with Gasteiger partial charge in [0.1, 0.15) is 5.60 Å². The number of benzene rings is 1. The fourth-order valence-electron chi connectivity index (χ4n) is 3.79. The second-order valence-corrected chi connectivity index (χ2v) is 6.01. The Morgan fingerprint density at radius 2 is 2.05 bits per heavy atom. The van der Waals surface area contributed by atoms with Gasteiger partial charge in [-0.05, 0) is 44.1 Å². The zero-order valence-corrected chi connectivity index (χ0v) is 11.4. The molecule has 3 rings (SSSR count). The first-order valence-corrected chi connectivity index (χ1v) is 7.06. The van der Waals surface area contributed by atoms with Gasteiger partial charge in [0.15, 0.2) is 0 Å². The van der Waals surface area contributed by atoms with Crippen LogP contribution in [0, 0.1) is 11.8 Å². The van der Waals surface area contributed by atoms with E-state index in [1.54, 1.807) is 6.92 Å². The molecule has 1 aromatic rings. The summed E-state index contributed by atoms with van der Waals surface area (Å²) in [5.74, 6) is 0.933. The zero-order valence-electron chi connectivity index (χ0n) is 11.4. The second-order valence-electron chi connectivity index (χ2n) is 6.01. The molecule has 3 unspecified atom stereocenters. The predicted molar refractivity (Wildman–Crippen MR) is 74.5 cm³/mol. The third-order valence-corrected chi connectivity index (χ3v) is 4.68. The lowest BCUT2D eigenvalue weighted by Gasteiger charge is -2.37. The van der Waals surface area contributed by atoms with Crippen molar-refractivity contribution in [3.63, 3.8) is 0 Å². The van der Waals surface area contributed by atoms with Gasteiger partial charge in [-0.15, -0.1) is 0 Å². The van der Waals surface area contributed by atoms with Crippen molar-refractivity contribution >= 4 is 5.97 Å². The summed E-state index contributed by atoms with van der Waals surface area (Å²) >= 11 is 0. The van der Waals surface area contributed by atoms with Crippen molar-refractivity contribution in [3.05, 3.63) is 48.0 Å². The van der Waals surface area contributed by atoms with Crippen molar-refractivity contribution < 1.29 is 9.53 Å². The zero-order chi connectivity index (χ0) is 13.5. The van der Waals surface area contributed by atoms with Gasteiger partial charge in [0, 0.05) is 11.5 Å². The lowest BCUT2D eigenvalue weighted by molar-refractivity contribution is -0.162. The van der Waals surface area contributed by atoms with Crippen LogP contribution in [0.3, 0.4) is 0 Å². The Morgan fingerprint density at radius 3 is 2.58 bits per heavy atom.